The fraction of sp³-hybridized carbons (Fsp3) is 0.565. The van der Waals surface area contributed by atoms with Crippen LogP contribution in [0.4, 0.5) is 0 Å². The van der Waals surface area contributed by atoms with Gasteiger partial charge in [-0.3, -0.25) is 14.8 Å². The largest absolute Gasteiger partial charge is 0.366 e. The Morgan fingerprint density at radius 1 is 1.06 bits per heavy atom. The van der Waals surface area contributed by atoms with Gasteiger partial charge in [0.15, 0.2) is 0 Å². The number of H-pyrrole nitrogens is 1. The number of aromatic amines is 1. The molecule has 1 heterocycles. The van der Waals surface area contributed by atoms with Gasteiger partial charge in [0.2, 0.25) is 5.91 Å². The zero-order valence-electron chi connectivity index (χ0n) is 19.8. The Bertz CT molecular complexity index is 1020. The molecule has 0 saturated carbocycles. The van der Waals surface area contributed by atoms with Gasteiger partial charge in [0.25, 0.3) is 5.91 Å². The zero-order valence-corrected chi connectivity index (χ0v) is 19.8. The summed E-state index contributed by atoms with van der Waals surface area (Å²) in [6.07, 6.45) is 1.84. The molecule has 0 aliphatic carbocycles. The number of carbonyl (C=O) groups is 2. The Kier molecular flexibility index (Phi) is 9.65. The normalized spacial score (nSPS) is 12.2. The number of rotatable bonds is 12. The zero-order chi connectivity index (χ0) is 24.5. The van der Waals surface area contributed by atoms with Crippen LogP contribution in [0.5, 0.6) is 0 Å². The molecular weight excluding hydrogens is 426 g/mol. The molecule has 2 rings (SSSR count). The molecule has 182 valence electrons. The van der Waals surface area contributed by atoms with Crippen molar-refractivity contribution in [1.82, 2.24) is 19.9 Å². The number of carbonyl (C=O) groups excluding carboxylic acids is 2. The Morgan fingerprint density at radius 3 is 2.30 bits per heavy atom. The first-order valence-corrected chi connectivity index (χ1v) is 11.4. The van der Waals surface area contributed by atoms with Crippen molar-refractivity contribution in [3.05, 3.63) is 56.9 Å². The van der Waals surface area contributed by atoms with Crippen LogP contribution in [0.3, 0.4) is 0 Å². The van der Waals surface area contributed by atoms with E-state index in [9.17, 15) is 24.4 Å². The van der Waals surface area contributed by atoms with Gasteiger partial charge in [-0.2, -0.15) is 0 Å². The van der Waals surface area contributed by atoms with Crippen LogP contribution in [0.2, 0.25) is 0 Å². The summed E-state index contributed by atoms with van der Waals surface area (Å²) in [6, 6.07) is 8.40. The van der Waals surface area contributed by atoms with Crippen LogP contribution in [-0.2, 0) is 22.6 Å². The standard InChI is InChI=1S/C23H35N5O5/c1-16(2)13-14-20(29)27(28-22(31)24-26(23(28)32)15-17(3)4)19(21(30)25-33)12-8-11-18-9-6-5-7-10-18/h5-7,9-10,16-17,19,33H,8,11-15H2,1-4H3,(H,24,31)(H,25,30)/t19-/m0/s1. The van der Waals surface area contributed by atoms with Crippen LogP contribution in [0.25, 0.3) is 0 Å². The molecule has 2 amide bonds. The number of amides is 2. The highest BCUT2D eigenvalue weighted by molar-refractivity contribution is 5.94. The second kappa shape index (κ2) is 12.2. The van der Waals surface area contributed by atoms with E-state index >= 15 is 0 Å². The molecule has 10 nitrogen and oxygen atoms in total. The van der Waals surface area contributed by atoms with E-state index in [2.05, 4.69) is 5.10 Å². The average Bonchev–Trinajstić information content (AvgIpc) is 3.04. The van der Waals surface area contributed by atoms with E-state index in [1.807, 2.05) is 58.0 Å². The first kappa shape index (κ1) is 26.1. The van der Waals surface area contributed by atoms with Gasteiger partial charge in [0.05, 0.1) is 0 Å². The Morgan fingerprint density at radius 2 is 1.73 bits per heavy atom. The van der Waals surface area contributed by atoms with Crippen LogP contribution >= 0.6 is 0 Å². The van der Waals surface area contributed by atoms with Crippen molar-refractivity contribution in [2.75, 3.05) is 5.01 Å². The van der Waals surface area contributed by atoms with E-state index in [0.717, 1.165) is 15.3 Å². The fourth-order valence-corrected chi connectivity index (χ4v) is 3.63. The minimum absolute atomic E-state index is 0.0484. The molecular formula is C23H35N5O5. The monoisotopic (exact) mass is 461 g/mol. The summed E-state index contributed by atoms with van der Waals surface area (Å²) in [5.41, 5.74) is 1.11. The lowest BCUT2D eigenvalue weighted by Gasteiger charge is -2.29. The lowest BCUT2D eigenvalue weighted by molar-refractivity contribution is -0.134. The van der Waals surface area contributed by atoms with Crippen molar-refractivity contribution in [3.8, 4) is 0 Å². The third-order valence-corrected chi connectivity index (χ3v) is 5.28. The molecule has 10 heteroatoms. The van der Waals surface area contributed by atoms with Crippen LogP contribution in [-0.4, -0.2) is 37.5 Å². The maximum Gasteiger partial charge on any atom is 0.366 e. The van der Waals surface area contributed by atoms with E-state index in [1.165, 1.54) is 0 Å². The summed E-state index contributed by atoms with van der Waals surface area (Å²) >= 11 is 0. The number of aryl methyl sites for hydroxylation is 1. The Labute approximate surface area is 193 Å². The van der Waals surface area contributed by atoms with E-state index in [1.54, 1.807) is 5.48 Å². The molecule has 1 aromatic heterocycles. The van der Waals surface area contributed by atoms with Crippen molar-refractivity contribution in [3.63, 3.8) is 0 Å². The molecule has 3 N–H and O–H groups in total. The van der Waals surface area contributed by atoms with Gasteiger partial charge < -0.3 is 0 Å². The minimum atomic E-state index is -1.23. The maximum atomic E-state index is 13.2. The highest BCUT2D eigenvalue weighted by atomic mass is 16.5. The van der Waals surface area contributed by atoms with Gasteiger partial charge in [-0.15, -0.1) is 4.68 Å². The van der Waals surface area contributed by atoms with Crippen LogP contribution < -0.4 is 21.9 Å². The predicted octanol–water partition coefficient (Wildman–Crippen LogP) is 1.79. The Balaban J connectivity index is 2.43. The lowest BCUT2D eigenvalue weighted by Crippen LogP contribution is -2.60. The fourth-order valence-electron chi connectivity index (χ4n) is 3.63. The van der Waals surface area contributed by atoms with E-state index in [-0.39, 0.29) is 31.2 Å². The highest BCUT2D eigenvalue weighted by Crippen LogP contribution is 2.13. The van der Waals surface area contributed by atoms with Crippen molar-refractivity contribution in [2.45, 2.75) is 72.4 Å². The molecule has 0 unspecified atom stereocenters. The molecule has 0 saturated heterocycles. The quantitative estimate of drug-likeness (QED) is 0.328. The van der Waals surface area contributed by atoms with Crippen molar-refractivity contribution < 1.29 is 14.8 Å². The summed E-state index contributed by atoms with van der Waals surface area (Å²) in [5, 5.41) is 12.7. The topological polar surface area (TPSA) is 129 Å². The summed E-state index contributed by atoms with van der Waals surface area (Å²) in [7, 11) is 0. The number of hydrogen-bond acceptors (Lipinski definition) is 5. The SMILES string of the molecule is CC(C)CCC(=O)N([C@@H](CCCc1ccccc1)C(=O)NO)n1c(=O)[nH]n(CC(C)C)c1=O. The smallest absolute Gasteiger partial charge is 0.289 e. The van der Waals surface area contributed by atoms with Crippen molar-refractivity contribution in [2.24, 2.45) is 11.8 Å². The van der Waals surface area contributed by atoms with Crippen LogP contribution in [0, 0.1) is 11.8 Å². The maximum absolute atomic E-state index is 13.2. The van der Waals surface area contributed by atoms with Crippen LogP contribution in [0.15, 0.2) is 39.9 Å². The predicted molar refractivity (Wildman–Crippen MR) is 125 cm³/mol. The molecule has 0 spiro atoms. The van der Waals surface area contributed by atoms with E-state index in [0.29, 0.717) is 23.9 Å². The van der Waals surface area contributed by atoms with Gasteiger partial charge in [-0.05, 0) is 43.1 Å². The molecule has 0 radical (unpaired) electrons. The third-order valence-electron chi connectivity index (χ3n) is 5.28. The Hall–Kier alpha value is -3.14. The number of nitrogens with zero attached hydrogens (tertiary/aromatic N) is 3. The number of benzene rings is 1. The first-order valence-electron chi connectivity index (χ1n) is 11.4. The molecule has 1 atom stereocenters. The number of nitrogens with one attached hydrogen (secondary N) is 2. The average molecular weight is 462 g/mol. The van der Waals surface area contributed by atoms with Gasteiger partial charge >= 0.3 is 11.4 Å². The number of hydroxylamine groups is 1. The molecule has 0 aliphatic heterocycles. The molecule has 0 fully saturated rings. The highest BCUT2D eigenvalue weighted by Gasteiger charge is 2.34. The summed E-state index contributed by atoms with van der Waals surface area (Å²) in [4.78, 5) is 51.6. The summed E-state index contributed by atoms with van der Waals surface area (Å²) < 4.78 is 1.82. The molecule has 2 aromatic rings. The first-order chi connectivity index (χ1) is 15.6. The van der Waals surface area contributed by atoms with E-state index in [4.69, 9.17) is 0 Å². The van der Waals surface area contributed by atoms with Crippen molar-refractivity contribution in [1.29, 1.82) is 0 Å². The molecule has 0 aliphatic rings. The number of aromatic nitrogens is 3. The van der Waals surface area contributed by atoms with Gasteiger partial charge in [0.1, 0.15) is 6.04 Å². The van der Waals surface area contributed by atoms with Gasteiger partial charge in [-0.1, -0.05) is 58.0 Å². The molecule has 1 aromatic carbocycles. The number of hydrogen-bond donors (Lipinski definition) is 3. The third kappa shape index (κ3) is 7.18. The van der Waals surface area contributed by atoms with Crippen molar-refractivity contribution >= 4 is 11.8 Å². The molecule has 33 heavy (non-hydrogen) atoms. The molecule has 0 bridgehead atoms. The summed E-state index contributed by atoms with van der Waals surface area (Å²) in [6.45, 7) is 7.93. The summed E-state index contributed by atoms with van der Waals surface area (Å²) in [5.74, 6) is -1.11. The van der Waals surface area contributed by atoms with Crippen LogP contribution in [0.1, 0.15) is 58.9 Å². The second-order valence-corrected chi connectivity index (χ2v) is 9.06. The van der Waals surface area contributed by atoms with E-state index < -0.39 is 29.2 Å². The van der Waals surface area contributed by atoms with Gasteiger partial charge in [0, 0.05) is 13.0 Å². The lowest BCUT2D eigenvalue weighted by atomic mass is 10.0. The minimum Gasteiger partial charge on any atom is -0.289 e. The van der Waals surface area contributed by atoms with Gasteiger partial charge in [-0.25, -0.2) is 29.9 Å². The second-order valence-electron chi connectivity index (χ2n) is 9.06.